The van der Waals surface area contributed by atoms with E-state index in [2.05, 4.69) is 51.9 Å². The SMILES string of the molecule is C[C@H](c1ccc(Cl)cc1Cl)n1nc(C#N)c2ncc(N3CC([C@@H]4CCCN(CCCC(=O)O)C4)C3)nc21.C[C@H](c1ccc(Cl)cc1Cl)n1nc(C#N)c2ncc(N3CC([C@H]4CCCN(CCCC(=O)O)C4)C3)nc21. The maximum absolute atomic E-state index is 10.8. The van der Waals surface area contributed by atoms with Gasteiger partial charge in [0.2, 0.25) is 0 Å². The van der Waals surface area contributed by atoms with Crippen LogP contribution in [0, 0.1) is 46.3 Å². The first-order chi connectivity index (χ1) is 35.7. The number of halogens is 4. The highest BCUT2D eigenvalue weighted by Crippen LogP contribution is 2.38. The molecule has 10 rings (SSSR count). The quantitative estimate of drug-likeness (QED) is 0.0922. The fourth-order valence-corrected chi connectivity index (χ4v) is 12.1. The lowest BCUT2D eigenvalue weighted by molar-refractivity contribution is -0.138. The van der Waals surface area contributed by atoms with Crippen LogP contribution >= 0.6 is 46.4 Å². The van der Waals surface area contributed by atoms with Crippen LogP contribution < -0.4 is 9.80 Å². The summed E-state index contributed by atoms with van der Waals surface area (Å²) >= 11 is 25.1. The van der Waals surface area contributed by atoms with E-state index in [1.54, 1.807) is 46.0 Å². The van der Waals surface area contributed by atoms with Crippen molar-refractivity contribution in [1.29, 1.82) is 10.5 Å². The number of nitrogens with zero attached hydrogens (tertiary/aromatic N) is 14. The Kier molecular flexibility index (Phi) is 16.7. The van der Waals surface area contributed by atoms with Crippen LogP contribution in [0.2, 0.25) is 20.1 Å². The Labute approximate surface area is 449 Å². The van der Waals surface area contributed by atoms with Crippen LogP contribution in [0.25, 0.3) is 22.3 Å². The van der Waals surface area contributed by atoms with Crippen LogP contribution in [0.5, 0.6) is 0 Å². The maximum Gasteiger partial charge on any atom is 0.303 e. The van der Waals surface area contributed by atoms with Crippen LogP contribution in [0.1, 0.15) is 99.8 Å². The van der Waals surface area contributed by atoms with E-state index in [-0.39, 0.29) is 36.3 Å². The van der Waals surface area contributed by atoms with E-state index in [0.717, 1.165) is 101 Å². The molecule has 0 amide bonds. The normalized spacial score (nSPS) is 19.5. The van der Waals surface area contributed by atoms with Crippen molar-refractivity contribution in [2.75, 3.05) is 75.2 Å². The Hall–Kier alpha value is -5.86. The summed E-state index contributed by atoms with van der Waals surface area (Å²) in [6, 6.07) is 14.4. The number of nitriles is 2. The van der Waals surface area contributed by atoms with Crippen LogP contribution in [-0.2, 0) is 9.59 Å². The van der Waals surface area contributed by atoms with Gasteiger partial charge < -0.3 is 29.8 Å². The monoisotopic (exact) mass is 1080 g/mol. The first kappa shape index (κ1) is 53.0. The topological polar surface area (TPSA) is 222 Å². The number of carbonyl (C=O) groups is 2. The average Bonchev–Trinajstić information content (AvgIpc) is 3.91. The Morgan fingerprint density at radius 2 is 1.04 bits per heavy atom. The van der Waals surface area contributed by atoms with E-state index in [1.807, 2.05) is 26.0 Å². The summed E-state index contributed by atoms with van der Waals surface area (Å²) in [6.45, 7) is 13.4. The molecule has 4 saturated heterocycles. The zero-order valence-corrected chi connectivity index (χ0v) is 44.3. The van der Waals surface area contributed by atoms with Gasteiger partial charge in [-0.25, -0.2) is 29.3 Å². The molecule has 0 unspecified atom stereocenters. The van der Waals surface area contributed by atoms with Crippen molar-refractivity contribution in [1.82, 2.24) is 49.3 Å². The summed E-state index contributed by atoms with van der Waals surface area (Å²) in [5.74, 6) is 2.46. The number of anilines is 2. The zero-order valence-electron chi connectivity index (χ0n) is 41.3. The van der Waals surface area contributed by atoms with Crippen LogP contribution in [0.15, 0.2) is 48.8 Å². The van der Waals surface area contributed by atoms with Gasteiger partial charge in [0, 0.05) is 72.2 Å². The number of fused-ring (bicyclic) bond motifs is 2. The average molecular weight is 1080 g/mol. The Morgan fingerprint density at radius 3 is 1.41 bits per heavy atom. The summed E-state index contributed by atoms with van der Waals surface area (Å²) in [5.41, 5.74) is 4.20. The minimum Gasteiger partial charge on any atom is -0.481 e. The van der Waals surface area contributed by atoms with Crippen molar-refractivity contribution in [3.8, 4) is 12.1 Å². The van der Waals surface area contributed by atoms with Crippen molar-refractivity contribution in [2.45, 2.75) is 77.3 Å². The molecule has 8 heterocycles. The van der Waals surface area contributed by atoms with Gasteiger partial charge in [-0.05, 0) is 138 Å². The highest BCUT2D eigenvalue weighted by atomic mass is 35.5. The molecular weight excluding hydrogens is 1030 g/mol. The molecule has 18 nitrogen and oxygen atoms in total. The van der Waals surface area contributed by atoms with Gasteiger partial charge >= 0.3 is 11.9 Å². The van der Waals surface area contributed by atoms with E-state index in [9.17, 15) is 20.1 Å². The fourth-order valence-electron chi connectivity index (χ4n) is 11.0. The number of rotatable bonds is 16. The number of carboxylic acid groups (broad SMARTS) is 2. The highest BCUT2D eigenvalue weighted by Gasteiger charge is 2.38. The molecule has 0 aliphatic carbocycles. The fraction of sp³-hybridized carbons (Fsp3) is 0.500. The summed E-state index contributed by atoms with van der Waals surface area (Å²) in [4.78, 5) is 49.8. The van der Waals surface area contributed by atoms with Gasteiger partial charge in [0.05, 0.1) is 24.5 Å². The third-order valence-electron chi connectivity index (χ3n) is 15.2. The van der Waals surface area contributed by atoms with Crippen LogP contribution in [0.4, 0.5) is 11.6 Å². The summed E-state index contributed by atoms with van der Waals surface area (Å²) in [5, 5.41) is 48.3. The largest absolute Gasteiger partial charge is 0.481 e. The van der Waals surface area contributed by atoms with Gasteiger partial charge in [-0.1, -0.05) is 58.5 Å². The second-order valence-electron chi connectivity index (χ2n) is 20.0. The molecule has 4 aromatic heterocycles. The molecule has 74 heavy (non-hydrogen) atoms. The lowest BCUT2D eigenvalue weighted by Gasteiger charge is -2.47. The number of hydrogen-bond acceptors (Lipinski definition) is 14. The Bertz CT molecular complexity index is 2900. The molecule has 388 valence electrons. The summed E-state index contributed by atoms with van der Waals surface area (Å²) < 4.78 is 3.43. The molecule has 4 fully saturated rings. The molecule has 2 aromatic carbocycles. The molecule has 4 aliphatic heterocycles. The molecule has 4 aliphatic rings. The maximum atomic E-state index is 10.8. The molecule has 6 aromatic rings. The summed E-state index contributed by atoms with van der Waals surface area (Å²) in [6.07, 6.45) is 10.0. The number of aliphatic carboxylic acids is 2. The molecule has 0 spiro atoms. The van der Waals surface area contributed by atoms with Crippen molar-refractivity contribution in [3.05, 3.63) is 91.4 Å². The first-order valence-electron chi connectivity index (χ1n) is 25.3. The predicted octanol–water partition coefficient (Wildman–Crippen LogP) is 9.25. The van der Waals surface area contributed by atoms with Gasteiger partial charge in [0.1, 0.15) is 34.8 Å². The molecule has 2 N–H and O–H groups in total. The van der Waals surface area contributed by atoms with E-state index in [0.29, 0.717) is 78.9 Å². The van der Waals surface area contributed by atoms with Crippen LogP contribution in [0.3, 0.4) is 0 Å². The first-order valence-corrected chi connectivity index (χ1v) is 26.8. The van der Waals surface area contributed by atoms with Gasteiger partial charge in [0.15, 0.2) is 22.7 Å². The lowest BCUT2D eigenvalue weighted by Crippen LogP contribution is -2.54. The summed E-state index contributed by atoms with van der Waals surface area (Å²) in [7, 11) is 0. The number of piperidine rings is 2. The van der Waals surface area contributed by atoms with Gasteiger partial charge in [-0.2, -0.15) is 20.7 Å². The van der Waals surface area contributed by atoms with Gasteiger partial charge in [-0.15, -0.1) is 0 Å². The van der Waals surface area contributed by atoms with Crippen molar-refractivity contribution < 1.29 is 19.8 Å². The molecule has 0 radical (unpaired) electrons. The number of benzene rings is 2. The number of hydrogen-bond donors (Lipinski definition) is 2. The number of carboxylic acids is 2. The standard InChI is InChI=1S/2C26H29Cl2N7O2/c2*1-16(20-7-6-19(27)10-21(20)28)35-26-25(22(11-29)32-35)30-12-23(31-26)34-14-18(15-34)17-4-2-8-33(13-17)9-3-5-24(36)37/h2*6-7,10,12,16-18H,2-5,8-9,13-15H2,1H3,(H,36,37)/t16-,17+;16-,17-/m11/s1. The minimum absolute atomic E-state index is 0.229. The molecule has 0 saturated carbocycles. The molecule has 0 bridgehead atoms. The van der Waals surface area contributed by atoms with Crippen molar-refractivity contribution in [3.63, 3.8) is 0 Å². The second-order valence-corrected chi connectivity index (χ2v) is 21.7. The second kappa shape index (κ2) is 23.4. The third kappa shape index (κ3) is 11.8. The third-order valence-corrected chi connectivity index (χ3v) is 16.3. The zero-order chi connectivity index (χ0) is 52.2. The molecule has 22 heteroatoms. The molecule has 4 atom stereocenters. The van der Waals surface area contributed by atoms with Gasteiger partial charge in [0.25, 0.3) is 0 Å². The van der Waals surface area contributed by atoms with E-state index >= 15 is 0 Å². The lowest BCUT2D eigenvalue weighted by atomic mass is 9.80. The van der Waals surface area contributed by atoms with E-state index in [4.69, 9.17) is 66.6 Å². The van der Waals surface area contributed by atoms with E-state index < -0.39 is 11.9 Å². The van der Waals surface area contributed by atoms with Crippen molar-refractivity contribution >= 4 is 92.3 Å². The predicted molar refractivity (Wildman–Crippen MR) is 284 cm³/mol. The van der Waals surface area contributed by atoms with Crippen molar-refractivity contribution in [2.24, 2.45) is 23.7 Å². The Balaban J connectivity index is 0.000000182. The number of aromatic nitrogens is 8. The van der Waals surface area contributed by atoms with E-state index in [1.165, 1.54) is 12.8 Å². The minimum atomic E-state index is -0.727. The highest BCUT2D eigenvalue weighted by molar-refractivity contribution is 6.35. The Morgan fingerprint density at radius 1 is 0.635 bits per heavy atom. The number of likely N-dealkylation sites (tertiary alicyclic amines) is 2. The smallest absolute Gasteiger partial charge is 0.303 e. The molecular formula is C52H58Cl4N14O4. The van der Waals surface area contributed by atoms with Crippen LogP contribution in [-0.4, -0.2) is 137 Å². The van der Waals surface area contributed by atoms with Gasteiger partial charge in [-0.3, -0.25) is 9.59 Å².